The number of carbonyl (C=O) groups is 1. The van der Waals surface area contributed by atoms with E-state index >= 15 is 0 Å². The third kappa shape index (κ3) is 5.16. The molecule has 0 bridgehead atoms. The molecule has 2 rings (SSSR count). The molecule has 0 radical (unpaired) electrons. The summed E-state index contributed by atoms with van der Waals surface area (Å²) in [6.07, 6.45) is 1.98. The van der Waals surface area contributed by atoms with Crippen molar-refractivity contribution in [2.24, 2.45) is 0 Å². The highest BCUT2D eigenvalue weighted by atomic mass is 32.2. The maximum absolute atomic E-state index is 12.8. The van der Waals surface area contributed by atoms with Crippen LogP contribution in [0.4, 0.5) is 0 Å². The zero-order valence-corrected chi connectivity index (χ0v) is 16.1. The van der Waals surface area contributed by atoms with Gasteiger partial charge in [0, 0.05) is 25.2 Å². The van der Waals surface area contributed by atoms with Crippen LogP contribution < -0.4 is 5.32 Å². The van der Waals surface area contributed by atoms with E-state index in [4.69, 9.17) is 0 Å². The number of sulfonamides is 1. The number of benzene rings is 2. The molecule has 0 fully saturated rings. The Balaban J connectivity index is 2.08. The summed E-state index contributed by atoms with van der Waals surface area (Å²) in [7, 11) is -3.54. The highest BCUT2D eigenvalue weighted by Crippen LogP contribution is 2.18. The van der Waals surface area contributed by atoms with Crippen LogP contribution in [0.25, 0.3) is 0 Å². The minimum Gasteiger partial charge on any atom is -0.352 e. The Morgan fingerprint density at radius 1 is 1.00 bits per heavy atom. The molecule has 26 heavy (non-hydrogen) atoms. The third-order valence-corrected chi connectivity index (χ3v) is 6.06. The zero-order valence-electron chi connectivity index (χ0n) is 15.3. The van der Waals surface area contributed by atoms with Gasteiger partial charge in [-0.05, 0) is 36.2 Å². The van der Waals surface area contributed by atoms with Crippen LogP contribution in [0.15, 0.2) is 59.5 Å². The van der Waals surface area contributed by atoms with Crippen LogP contribution in [0.5, 0.6) is 0 Å². The molecule has 2 aromatic carbocycles. The fourth-order valence-corrected chi connectivity index (χ4v) is 4.01. The first-order valence-corrected chi connectivity index (χ1v) is 10.4. The lowest BCUT2D eigenvalue weighted by Gasteiger charge is -2.20. The second kappa shape index (κ2) is 9.50. The van der Waals surface area contributed by atoms with Gasteiger partial charge in [-0.1, -0.05) is 50.6 Å². The molecule has 0 saturated carbocycles. The summed E-state index contributed by atoms with van der Waals surface area (Å²) in [5.41, 5.74) is 1.43. The van der Waals surface area contributed by atoms with Crippen LogP contribution in [-0.2, 0) is 16.6 Å². The summed E-state index contributed by atoms with van der Waals surface area (Å²) in [6.45, 7) is 5.19. The SMILES string of the molecule is CCCCNC(=O)c1ccc(CN(CC)S(=O)(=O)c2ccccc2)cc1. The van der Waals surface area contributed by atoms with Gasteiger partial charge >= 0.3 is 0 Å². The Kier molecular flexibility index (Phi) is 7.36. The predicted octanol–water partition coefficient (Wildman–Crippen LogP) is 3.43. The molecule has 0 unspecified atom stereocenters. The molecule has 0 aliphatic carbocycles. The number of hydrogen-bond acceptors (Lipinski definition) is 3. The van der Waals surface area contributed by atoms with Crippen molar-refractivity contribution in [2.45, 2.75) is 38.1 Å². The number of nitrogens with one attached hydrogen (secondary N) is 1. The molecule has 1 N–H and O–H groups in total. The maximum Gasteiger partial charge on any atom is 0.251 e. The largest absolute Gasteiger partial charge is 0.352 e. The molecule has 6 heteroatoms. The lowest BCUT2D eigenvalue weighted by atomic mass is 10.1. The number of rotatable bonds is 9. The first-order chi connectivity index (χ1) is 12.5. The molecule has 0 aliphatic rings. The molecule has 5 nitrogen and oxygen atoms in total. The lowest BCUT2D eigenvalue weighted by molar-refractivity contribution is 0.0953. The second-order valence-corrected chi connectivity index (χ2v) is 7.99. The molecule has 0 atom stereocenters. The first kappa shape index (κ1) is 20.1. The fourth-order valence-electron chi connectivity index (χ4n) is 2.55. The van der Waals surface area contributed by atoms with E-state index in [1.54, 1.807) is 54.6 Å². The molecule has 0 heterocycles. The van der Waals surface area contributed by atoms with Crippen molar-refractivity contribution in [3.63, 3.8) is 0 Å². The van der Waals surface area contributed by atoms with Crippen LogP contribution in [0.2, 0.25) is 0 Å². The zero-order chi connectivity index (χ0) is 19.0. The monoisotopic (exact) mass is 374 g/mol. The molecule has 2 aromatic rings. The van der Waals surface area contributed by atoms with Crippen LogP contribution in [0.1, 0.15) is 42.6 Å². The van der Waals surface area contributed by atoms with Crippen molar-refractivity contribution in [2.75, 3.05) is 13.1 Å². The molecule has 0 aliphatic heterocycles. The Labute approximate surface area is 156 Å². The number of unbranched alkanes of at least 4 members (excludes halogenated alkanes) is 1. The van der Waals surface area contributed by atoms with E-state index in [2.05, 4.69) is 12.2 Å². The highest BCUT2D eigenvalue weighted by molar-refractivity contribution is 7.89. The standard InChI is InChI=1S/C20H26N2O3S/c1-3-5-15-21-20(23)18-13-11-17(12-14-18)16-22(4-2)26(24,25)19-9-7-6-8-10-19/h6-14H,3-5,15-16H2,1-2H3,(H,21,23). The van der Waals surface area contributed by atoms with E-state index in [0.717, 1.165) is 18.4 Å². The van der Waals surface area contributed by atoms with Crippen molar-refractivity contribution in [1.29, 1.82) is 0 Å². The van der Waals surface area contributed by atoms with Gasteiger partial charge < -0.3 is 5.32 Å². The van der Waals surface area contributed by atoms with E-state index in [9.17, 15) is 13.2 Å². The summed E-state index contributed by atoms with van der Waals surface area (Å²) < 4.78 is 26.9. The van der Waals surface area contributed by atoms with E-state index < -0.39 is 10.0 Å². The van der Waals surface area contributed by atoms with Gasteiger partial charge in [0.2, 0.25) is 10.0 Å². The molecule has 1 amide bonds. The van der Waals surface area contributed by atoms with Gasteiger partial charge in [0.15, 0.2) is 0 Å². The summed E-state index contributed by atoms with van der Waals surface area (Å²) in [5, 5.41) is 2.87. The molecule has 0 saturated heterocycles. The van der Waals surface area contributed by atoms with Gasteiger partial charge in [-0.2, -0.15) is 4.31 Å². The number of amides is 1. The maximum atomic E-state index is 12.8. The Morgan fingerprint density at radius 3 is 2.23 bits per heavy atom. The summed E-state index contributed by atoms with van der Waals surface area (Å²) in [6, 6.07) is 15.5. The third-order valence-electron chi connectivity index (χ3n) is 4.12. The van der Waals surface area contributed by atoms with Gasteiger partial charge in [-0.15, -0.1) is 0 Å². The van der Waals surface area contributed by atoms with E-state index in [0.29, 0.717) is 18.7 Å². The molecular formula is C20H26N2O3S. The Morgan fingerprint density at radius 2 is 1.65 bits per heavy atom. The highest BCUT2D eigenvalue weighted by Gasteiger charge is 2.22. The van der Waals surface area contributed by atoms with Crippen LogP contribution in [0, 0.1) is 0 Å². The van der Waals surface area contributed by atoms with Gasteiger partial charge in [0.25, 0.3) is 5.91 Å². The summed E-state index contributed by atoms with van der Waals surface area (Å²) >= 11 is 0. The first-order valence-electron chi connectivity index (χ1n) is 8.91. The van der Waals surface area contributed by atoms with Crippen LogP contribution in [-0.4, -0.2) is 31.7 Å². The van der Waals surface area contributed by atoms with E-state index in [1.165, 1.54) is 4.31 Å². The summed E-state index contributed by atoms with van der Waals surface area (Å²) in [5.74, 6) is -0.103. The lowest BCUT2D eigenvalue weighted by Crippen LogP contribution is -2.30. The quantitative estimate of drug-likeness (QED) is 0.684. The van der Waals surface area contributed by atoms with Gasteiger partial charge in [-0.3, -0.25) is 4.79 Å². The van der Waals surface area contributed by atoms with Crippen molar-refractivity contribution < 1.29 is 13.2 Å². The van der Waals surface area contributed by atoms with Crippen molar-refractivity contribution in [3.8, 4) is 0 Å². The van der Waals surface area contributed by atoms with E-state index in [-0.39, 0.29) is 17.3 Å². The average Bonchev–Trinajstić information content (AvgIpc) is 2.67. The second-order valence-electron chi connectivity index (χ2n) is 6.05. The molecule has 0 aromatic heterocycles. The van der Waals surface area contributed by atoms with Crippen molar-refractivity contribution >= 4 is 15.9 Å². The van der Waals surface area contributed by atoms with Gasteiger partial charge in [0.1, 0.15) is 0 Å². The summed E-state index contributed by atoms with van der Waals surface area (Å²) in [4.78, 5) is 12.3. The topological polar surface area (TPSA) is 66.5 Å². The Hall–Kier alpha value is -2.18. The Bertz CT molecular complexity index is 803. The molecular weight excluding hydrogens is 348 g/mol. The molecule has 0 spiro atoms. The minimum absolute atomic E-state index is 0.103. The van der Waals surface area contributed by atoms with Gasteiger partial charge in [0.05, 0.1) is 4.90 Å². The van der Waals surface area contributed by atoms with Crippen LogP contribution >= 0.6 is 0 Å². The number of carbonyl (C=O) groups excluding carboxylic acids is 1. The van der Waals surface area contributed by atoms with Crippen molar-refractivity contribution in [1.82, 2.24) is 9.62 Å². The number of nitrogens with zero attached hydrogens (tertiary/aromatic N) is 1. The average molecular weight is 375 g/mol. The van der Waals surface area contributed by atoms with E-state index in [1.807, 2.05) is 6.92 Å². The molecule has 140 valence electrons. The fraction of sp³-hybridized carbons (Fsp3) is 0.350. The van der Waals surface area contributed by atoms with Crippen molar-refractivity contribution in [3.05, 3.63) is 65.7 Å². The van der Waals surface area contributed by atoms with Gasteiger partial charge in [-0.25, -0.2) is 8.42 Å². The normalized spacial score (nSPS) is 11.5. The van der Waals surface area contributed by atoms with Crippen LogP contribution in [0.3, 0.4) is 0 Å². The minimum atomic E-state index is -3.54. The predicted molar refractivity (Wildman–Crippen MR) is 103 cm³/mol. The number of hydrogen-bond donors (Lipinski definition) is 1. The smallest absolute Gasteiger partial charge is 0.251 e.